The number of hydrogen-bond donors (Lipinski definition) is 2. The molecule has 0 aromatic carbocycles. The van der Waals surface area contributed by atoms with Crippen molar-refractivity contribution in [1.82, 2.24) is 15.3 Å². The Morgan fingerprint density at radius 2 is 2.41 bits per heavy atom. The first-order valence-corrected chi connectivity index (χ1v) is 5.19. The number of carbonyl (C=O) groups excluding carboxylic acids is 1. The third-order valence-corrected chi connectivity index (χ3v) is 2.21. The van der Waals surface area contributed by atoms with Crippen LogP contribution < -0.4 is 11.3 Å². The summed E-state index contributed by atoms with van der Waals surface area (Å²) >= 11 is 0. The van der Waals surface area contributed by atoms with E-state index in [0.29, 0.717) is 25.2 Å². The first-order valence-electron chi connectivity index (χ1n) is 5.19. The summed E-state index contributed by atoms with van der Waals surface area (Å²) in [4.78, 5) is 17.4. The average molecular weight is 233 g/mol. The van der Waals surface area contributed by atoms with Crippen molar-refractivity contribution in [3.63, 3.8) is 0 Å². The van der Waals surface area contributed by atoms with Gasteiger partial charge in [0.05, 0.1) is 11.8 Å². The molecule has 0 aliphatic carbocycles. The molecule has 1 aromatic rings. The Morgan fingerprint density at radius 3 is 3.06 bits per heavy atom. The second kappa shape index (κ2) is 6.58. The maximum atomic E-state index is 11.3. The van der Waals surface area contributed by atoms with Gasteiger partial charge in [-0.2, -0.15) is 5.26 Å². The van der Waals surface area contributed by atoms with Crippen molar-refractivity contribution in [1.29, 1.82) is 5.26 Å². The van der Waals surface area contributed by atoms with Gasteiger partial charge in [-0.1, -0.05) is 6.07 Å². The molecule has 1 heterocycles. The lowest BCUT2D eigenvalue weighted by atomic mass is 10.2. The van der Waals surface area contributed by atoms with Crippen LogP contribution in [0.15, 0.2) is 18.2 Å². The number of nitriles is 1. The first kappa shape index (κ1) is 13.1. The molecule has 0 unspecified atom stereocenters. The second-order valence-corrected chi connectivity index (χ2v) is 3.63. The number of carbonyl (C=O) groups is 1. The Morgan fingerprint density at radius 1 is 1.65 bits per heavy atom. The molecule has 0 saturated carbocycles. The van der Waals surface area contributed by atoms with Gasteiger partial charge in [0.1, 0.15) is 5.69 Å². The Balaban J connectivity index is 2.66. The van der Waals surface area contributed by atoms with Crippen LogP contribution in [0.2, 0.25) is 0 Å². The maximum Gasteiger partial charge on any atom is 0.283 e. The number of nitrogen functional groups attached to an aromatic ring is 1. The molecule has 0 spiro atoms. The predicted molar refractivity (Wildman–Crippen MR) is 62.5 cm³/mol. The molecule has 0 aliphatic rings. The molecule has 1 rings (SSSR count). The highest BCUT2D eigenvalue weighted by Gasteiger charge is 2.07. The number of nitrogens with one attached hydrogen (secondary N) is 1. The van der Waals surface area contributed by atoms with Crippen LogP contribution in [0.5, 0.6) is 0 Å². The quantitative estimate of drug-likeness (QED) is 0.425. The van der Waals surface area contributed by atoms with Crippen LogP contribution >= 0.6 is 0 Å². The SMILES string of the molecule is CN(CCC#N)Cc1cccc(C(=O)NN)n1. The van der Waals surface area contributed by atoms with Crippen LogP contribution in [0.3, 0.4) is 0 Å². The van der Waals surface area contributed by atoms with Crippen LogP contribution in [-0.2, 0) is 6.54 Å². The summed E-state index contributed by atoms with van der Waals surface area (Å²) in [6.07, 6.45) is 0.472. The standard InChI is InChI=1S/C11H15N5O/c1-16(7-3-6-12)8-9-4-2-5-10(14-9)11(17)15-13/h2,4-5H,3,7-8,13H2,1H3,(H,15,17). The van der Waals surface area contributed by atoms with E-state index in [1.165, 1.54) is 0 Å². The molecule has 17 heavy (non-hydrogen) atoms. The molecule has 0 aliphatic heterocycles. The summed E-state index contributed by atoms with van der Waals surface area (Å²) in [6.45, 7) is 1.26. The normalized spacial score (nSPS) is 10.0. The number of hydrazine groups is 1. The number of pyridine rings is 1. The highest BCUT2D eigenvalue weighted by molar-refractivity contribution is 5.91. The van der Waals surface area contributed by atoms with E-state index >= 15 is 0 Å². The van der Waals surface area contributed by atoms with Gasteiger partial charge < -0.3 is 0 Å². The first-order chi connectivity index (χ1) is 8.17. The summed E-state index contributed by atoms with van der Waals surface area (Å²) in [5, 5.41) is 8.47. The van der Waals surface area contributed by atoms with E-state index in [4.69, 9.17) is 11.1 Å². The smallest absolute Gasteiger partial charge is 0.283 e. The molecule has 0 radical (unpaired) electrons. The molecule has 0 fully saturated rings. The third-order valence-electron chi connectivity index (χ3n) is 2.21. The molecule has 0 atom stereocenters. The molecular formula is C11H15N5O. The van der Waals surface area contributed by atoms with Crippen molar-refractivity contribution in [3.05, 3.63) is 29.6 Å². The van der Waals surface area contributed by atoms with E-state index in [2.05, 4.69) is 11.1 Å². The molecule has 0 bridgehead atoms. The zero-order chi connectivity index (χ0) is 12.7. The monoisotopic (exact) mass is 233 g/mol. The highest BCUT2D eigenvalue weighted by Crippen LogP contribution is 2.03. The van der Waals surface area contributed by atoms with Crippen LogP contribution in [0.1, 0.15) is 22.6 Å². The summed E-state index contributed by atoms with van der Waals surface area (Å²) in [6, 6.07) is 7.26. The van der Waals surface area contributed by atoms with Crippen LogP contribution in [0.25, 0.3) is 0 Å². The fraction of sp³-hybridized carbons (Fsp3) is 0.364. The lowest BCUT2D eigenvalue weighted by molar-refractivity contribution is 0.0948. The summed E-state index contributed by atoms with van der Waals surface area (Å²) < 4.78 is 0. The van der Waals surface area contributed by atoms with E-state index < -0.39 is 5.91 Å². The van der Waals surface area contributed by atoms with Crippen molar-refractivity contribution < 1.29 is 4.79 Å². The Labute approximate surface area is 100 Å². The molecule has 3 N–H and O–H groups in total. The Hall–Kier alpha value is -1.97. The maximum absolute atomic E-state index is 11.3. The highest BCUT2D eigenvalue weighted by atomic mass is 16.2. The van der Waals surface area contributed by atoms with Gasteiger partial charge in [-0.25, -0.2) is 10.8 Å². The lowest BCUT2D eigenvalue weighted by Crippen LogP contribution is -2.31. The molecular weight excluding hydrogens is 218 g/mol. The second-order valence-electron chi connectivity index (χ2n) is 3.63. The molecule has 6 nitrogen and oxygen atoms in total. The lowest BCUT2D eigenvalue weighted by Gasteiger charge is -2.14. The molecule has 6 heteroatoms. The minimum absolute atomic E-state index is 0.290. The van der Waals surface area contributed by atoms with Gasteiger partial charge in [0.2, 0.25) is 0 Å². The zero-order valence-corrected chi connectivity index (χ0v) is 9.68. The molecule has 0 saturated heterocycles. The van der Waals surface area contributed by atoms with Crippen molar-refractivity contribution in [2.75, 3.05) is 13.6 Å². The minimum Gasteiger partial charge on any atom is -0.300 e. The zero-order valence-electron chi connectivity index (χ0n) is 9.68. The van der Waals surface area contributed by atoms with E-state index in [0.717, 1.165) is 5.69 Å². The predicted octanol–water partition coefficient (Wildman–Crippen LogP) is 0.0306. The summed E-state index contributed by atoms with van der Waals surface area (Å²) in [7, 11) is 1.90. The number of amides is 1. The third kappa shape index (κ3) is 4.18. The molecule has 90 valence electrons. The number of nitrogens with zero attached hydrogens (tertiary/aromatic N) is 3. The van der Waals surface area contributed by atoms with E-state index in [1.807, 2.05) is 23.4 Å². The Bertz CT molecular complexity index is 426. The Kier molecular flexibility index (Phi) is 5.07. The van der Waals surface area contributed by atoms with Crippen LogP contribution in [0, 0.1) is 11.3 Å². The van der Waals surface area contributed by atoms with Crippen molar-refractivity contribution in [3.8, 4) is 6.07 Å². The molecule has 1 amide bonds. The van der Waals surface area contributed by atoms with Crippen LogP contribution in [0.4, 0.5) is 0 Å². The largest absolute Gasteiger partial charge is 0.300 e. The van der Waals surface area contributed by atoms with Gasteiger partial charge in [0.15, 0.2) is 0 Å². The van der Waals surface area contributed by atoms with Gasteiger partial charge in [-0.3, -0.25) is 15.1 Å². The van der Waals surface area contributed by atoms with Gasteiger partial charge in [0.25, 0.3) is 5.91 Å². The minimum atomic E-state index is -0.411. The van der Waals surface area contributed by atoms with E-state index in [9.17, 15) is 4.79 Å². The summed E-state index contributed by atoms with van der Waals surface area (Å²) in [5.41, 5.74) is 3.10. The topological polar surface area (TPSA) is 95.0 Å². The van der Waals surface area contributed by atoms with Gasteiger partial charge in [0, 0.05) is 19.5 Å². The average Bonchev–Trinajstić information content (AvgIpc) is 2.35. The fourth-order valence-electron chi connectivity index (χ4n) is 1.36. The van der Waals surface area contributed by atoms with Gasteiger partial charge >= 0.3 is 0 Å². The van der Waals surface area contributed by atoms with Crippen molar-refractivity contribution >= 4 is 5.91 Å². The number of hydrogen-bond acceptors (Lipinski definition) is 5. The summed E-state index contributed by atoms with van der Waals surface area (Å²) in [5.74, 6) is 4.62. The number of aromatic nitrogens is 1. The van der Waals surface area contributed by atoms with E-state index in [-0.39, 0.29) is 0 Å². The fourth-order valence-corrected chi connectivity index (χ4v) is 1.36. The number of nitrogens with two attached hydrogens (primary N) is 1. The molecule has 1 aromatic heterocycles. The number of rotatable bonds is 5. The van der Waals surface area contributed by atoms with Crippen molar-refractivity contribution in [2.45, 2.75) is 13.0 Å². The van der Waals surface area contributed by atoms with Crippen molar-refractivity contribution in [2.24, 2.45) is 5.84 Å². The van der Waals surface area contributed by atoms with Gasteiger partial charge in [-0.15, -0.1) is 0 Å². The van der Waals surface area contributed by atoms with E-state index in [1.54, 1.807) is 12.1 Å². The van der Waals surface area contributed by atoms with Crippen LogP contribution in [-0.4, -0.2) is 29.4 Å². The van der Waals surface area contributed by atoms with Gasteiger partial charge in [-0.05, 0) is 19.2 Å².